The van der Waals surface area contributed by atoms with Crippen molar-refractivity contribution in [3.63, 3.8) is 0 Å². The Kier molecular flexibility index (Phi) is 4.26. The Bertz CT molecular complexity index is 201. The van der Waals surface area contributed by atoms with Gasteiger partial charge in [-0.2, -0.15) is 0 Å². The van der Waals surface area contributed by atoms with Crippen molar-refractivity contribution in [2.45, 2.75) is 71.1 Å². The fraction of sp³-hybridized carbons (Fsp3) is 1.00. The Labute approximate surface area is 100 Å². The summed E-state index contributed by atoms with van der Waals surface area (Å²) in [5.41, 5.74) is 0. The number of nitrogens with one attached hydrogen (secondary N) is 1. The summed E-state index contributed by atoms with van der Waals surface area (Å²) in [5.74, 6) is 1.02. The lowest BCUT2D eigenvalue weighted by Crippen LogP contribution is -3.19. The molecule has 0 amide bonds. The molecule has 16 heavy (non-hydrogen) atoms. The Balaban J connectivity index is 1.83. The minimum Gasteiger partial charge on any atom is -0.364 e. The van der Waals surface area contributed by atoms with Gasteiger partial charge in [-0.25, -0.2) is 0 Å². The molecule has 0 aromatic heterocycles. The number of hydrogen-bond acceptors (Lipinski definition) is 1. The van der Waals surface area contributed by atoms with Gasteiger partial charge in [0.25, 0.3) is 0 Å². The quantitative estimate of drug-likeness (QED) is 0.756. The van der Waals surface area contributed by atoms with Crippen molar-refractivity contribution in [3.05, 3.63) is 0 Å². The lowest BCUT2D eigenvalue weighted by Gasteiger charge is -2.40. The molecule has 2 atom stereocenters. The normalized spacial score (nSPS) is 45.6. The molecule has 2 aliphatic rings. The zero-order valence-corrected chi connectivity index (χ0v) is 11.2. The van der Waals surface area contributed by atoms with Crippen molar-refractivity contribution >= 4 is 0 Å². The van der Waals surface area contributed by atoms with Crippen molar-refractivity contribution < 1.29 is 9.64 Å². The highest BCUT2D eigenvalue weighted by molar-refractivity contribution is 4.72. The molecule has 0 aromatic rings. The van der Waals surface area contributed by atoms with Crippen molar-refractivity contribution in [1.82, 2.24) is 0 Å². The van der Waals surface area contributed by atoms with Crippen LogP contribution < -0.4 is 4.90 Å². The maximum Gasteiger partial charge on any atom is 0.104 e. The largest absolute Gasteiger partial charge is 0.364 e. The predicted molar refractivity (Wildman–Crippen MR) is 66.7 cm³/mol. The topological polar surface area (TPSA) is 13.7 Å². The highest BCUT2D eigenvalue weighted by Crippen LogP contribution is 2.25. The molecule has 1 aliphatic carbocycles. The number of rotatable bonds is 2. The first-order valence-electron chi connectivity index (χ1n) is 7.19. The van der Waals surface area contributed by atoms with Gasteiger partial charge in [0.1, 0.15) is 25.3 Å². The summed E-state index contributed by atoms with van der Waals surface area (Å²) in [4.78, 5) is 1.82. The average molecular weight is 226 g/mol. The SMILES string of the molecule is CCC1CCC([NH+]2C[C@@H](C)O[C@H](C)C2)CC1. The Hall–Kier alpha value is -0.0800. The first-order chi connectivity index (χ1) is 7.69. The van der Waals surface area contributed by atoms with Crippen LogP contribution in [0.15, 0.2) is 0 Å². The van der Waals surface area contributed by atoms with Crippen LogP contribution in [0.4, 0.5) is 0 Å². The summed E-state index contributed by atoms with van der Waals surface area (Å²) in [5, 5.41) is 0. The number of quaternary nitrogens is 1. The number of ether oxygens (including phenoxy) is 1. The highest BCUT2D eigenvalue weighted by Gasteiger charge is 2.33. The Morgan fingerprint density at radius 1 is 1.00 bits per heavy atom. The molecule has 2 heteroatoms. The smallest absolute Gasteiger partial charge is 0.104 e. The van der Waals surface area contributed by atoms with Gasteiger partial charge >= 0.3 is 0 Å². The van der Waals surface area contributed by atoms with Crippen LogP contribution in [0.25, 0.3) is 0 Å². The van der Waals surface area contributed by atoms with Gasteiger partial charge in [-0.1, -0.05) is 13.3 Å². The van der Waals surface area contributed by atoms with Gasteiger partial charge in [0.15, 0.2) is 0 Å². The molecular weight excluding hydrogens is 198 g/mol. The first kappa shape index (κ1) is 12.4. The van der Waals surface area contributed by atoms with Gasteiger partial charge in [-0.05, 0) is 45.4 Å². The molecule has 0 aromatic carbocycles. The molecular formula is C14H28NO+. The predicted octanol–water partition coefficient (Wildman–Crippen LogP) is 1.65. The minimum atomic E-state index is 0.461. The van der Waals surface area contributed by atoms with E-state index in [0.717, 1.165) is 12.0 Å². The van der Waals surface area contributed by atoms with E-state index in [0.29, 0.717) is 12.2 Å². The van der Waals surface area contributed by atoms with Crippen LogP contribution in [0, 0.1) is 5.92 Å². The molecule has 2 nitrogen and oxygen atoms in total. The van der Waals surface area contributed by atoms with Crippen LogP contribution in [-0.4, -0.2) is 31.3 Å². The van der Waals surface area contributed by atoms with Crippen LogP contribution in [-0.2, 0) is 4.74 Å². The van der Waals surface area contributed by atoms with Crippen molar-refractivity contribution in [2.24, 2.45) is 5.92 Å². The lowest BCUT2D eigenvalue weighted by atomic mass is 9.83. The van der Waals surface area contributed by atoms with E-state index in [4.69, 9.17) is 4.74 Å². The molecule has 0 spiro atoms. The van der Waals surface area contributed by atoms with Crippen molar-refractivity contribution in [2.75, 3.05) is 13.1 Å². The van der Waals surface area contributed by atoms with Gasteiger partial charge in [0, 0.05) is 0 Å². The van der Waals surface area contributed by atoms with Crippen LogP contribution >= 0.6 is 0 Å². The maximum atomic E-state index is 5.83. The summed E-state index contributed by atoms with van der Waals surface area (Å²) in [6.45, 7) is 9.26. The van der Waals surface area contributed by atoms with E-state index < -0.39 is 0 Å². The standard InChI is InChI=1S/C14H27NO/c1-4-13-5-7-14(8-6-13)15-9-11(2)16-12(3)10-15/h11-14H,4-10H2,1-3H3/p+1/t11-,12-,13?,14?/m1/s1. The third kappa shape index (κ3) is 2.98. The molecule has 0 unspecified atom stereocenters. The Morgan fingerprint density at radius 3 is 2.06 bits per heavy atom. The summed E-state index contributed by atoms with van der Waals surface area (Å²) in [7, 11) is 0. The molecule has 1 saturated carbocycles. The van der Waals surface area contributed by atoms with Gasteiger partial charge in [0.2, 0.25) is 0 Å². The molecule has 1 saturated heterocycles. The summed E-state index contributed by atoms with van der Waals surface area (Å²) < 4.78 is 5.83. The minimum absolute atomic E-state index is 0.461. The fourth-order valence-electron chi connectivity index (χ4n) is 3.63. The van der Waals surface area contributed by atoms with E-state index in [1.54, 1.807) is 0 Å². The van der Waals surface area contributed by atoms with Gasteiger partial charge in [-0.3, -0.25) is 0 Å². The van der Waals surface area contributed by atoms with Crippen molar-refractivity contribution in [1.29, 1.82) is 0 Å². The molecule has 0 bridgehead atoms. The van der Waals surface area contributed by atoms with Crippen LogP contribution in [0.2, 0.25) is 0 Å². The van der Waals surface area contributed by atoms with Crippen LogP contribution in [0.1, 0.15) is 52.9 Å². The lowest BCUT2D eigenvalue weighted by molar-refractivity contribution is -0.940. The highest BCUT2D eigenvalue weighted by atomic mass is 16.5. The summed E-state index contributed by atoms with van der Waals surface area (Å²) in [6.07, 6.45) is 8.14. The van der Waals surface area contributed by atoms with E-state index in [2.05, 4.69) is 20.8 Å². The fourth-order valence-corrected chi connectivity index (χ4v) is 3.63. The second-order valence-corrected chi connectivity index (χ2v) is 5.95. The zero-order chi connectivity index (χ0) is 11.5. The maximum absolute atomic E-state index is 5.83. The molecule has 0 radical (unpaired) electrons. The van der Waals surface area contributed by atoms with E-state index in [-0.39, 0.29) is 0 Å². The molecule has 94 valence electrons. The van der Waals surface area contributed by atoms with Crippen molar-refractivity contribution in [3.8, 4) is 0 Å². The number of hydrogen-bond donors (Lipinski definition) is 1. The van der Waals surface area contributed by atoms with Crippen LogP contribution in [0.5, 0.6) is 0 Å². The van der Waals surface area contributed by atoms with E-state index >= 15 is 0 Å². The molecule has 2 fully saturated rings. The second kappa shape index (κ2) is 5.50. The molecule has 2 rings (SSSR count). The molecule has 1 heterocycles. The summed E-state index contributed by atoms with van der Waals surface area (Å²) >= 11 is 0. The third-order valence-electron chi connectivity index (χ3n) is 4.57. The second-order valence-electron chi connectivity index (χ2n) is 5.95. The monoisotopic (exact) mass is 226 g/mol. The third-order valence-corrected chi connectivity index (χ3v) is 4.57. The average Bonchev–Trinajstić information content (AvgIpc) is 2.28. The summed E-state index contributed by atoms with van der Waals surface area (Å²) in [6, 6.07) is 0.927. The van der Waals surface area contributed by atoms with E-state index in [9.17, 15) is 0 Å². The molecule has 1 aliphatic heterocycles. The van der Waals surface area contributed by atoms with Gasteiger partial charge < -0.3 is 9.64 Å². The van der Waals surface area contributed by atoms with E-state index in [1.807, 2.05) is 4.90 Å². The first-order valence-corrected chi connectivity index (χ1v) is 7.19. The van der Waals surface area contributed by atoms with Gasteiger partial charge in [-0.15, -0.1) is 0 Å². The van der Waals surface area contributed by atoms with Gasteiger partial charge in [0.05, 0.1) is 6.04 Å². The Morgan fingerprint density at radius 2 is 1.56 bits per heavy atom. The van der Waals surface area contributed by atoms with Crippen LogP contribution in [0.3, 0.4) is 0 Å². The molecule has 1 N–H and O–H groups in total. The van der Waals surface area contributed by atoms with E-state index in [1.165, 1.54) is 45.2 Å². The number of morpholine rings is 1. The zero-order valence-electron chi connectivity index (χ0n) is 11.2.